The average molecular weight is 412 g/mol. The maximum absolute atomic E-state index is 13.9. The van der Waals surface area contributed by atoms with Crippen molar-refractivity contribution in [2.45, 2.75) is 19.6 Å². The van der Waals surface area contributed by atoms with Gasteiger partial charge in [-0.3, -0.25) is 0 Å². The summed E-state index contributed by atoms with van der Waals surface area (Å²) in [5.41, 5.74) is 8.51. The molecule has 4 rings (SSSR count). The highest BCUT2D eigenvalue weighted by Crippen LogP contribution is 2.32. The zero-order valence-corrected chi connectivity index (χ0v) is 16.2. The second-order valence-corrected chi connectivity index (χ2v) is 7.12. The van der Waals surface area contributed by atoms with Crippen LogP contribution in [0.2, 0.25) is 0 Å². The number of hydrogen-bond acceptors (Lipinski definition) is 8. The molecule has 148 valence electrons. The van der Waals surface area contributed by atoms with Gasteiger partial charge in [-0.15, -0.1) is 11.3 Å². The summed E-state index contributed by atoms with van der Waals surface area (Å²) in [6, 6.07) is 6.03. The molecule has 0 amide bonds. The summed E-state index contributed by atoms with van der Waals surface area (Å²) in [5.74, 6) is 0.149. The van der Waals surface area contributed by atoms with Gasteiger partial charge in [-0.1, -0.05) is 0 Å². The molecule has 1 atom stereocenters. The predicted octanol–water partition coefficient (Wildman–Crippen LogP) is 3.14. The number of ether oxygens (including phenoxy) is 1. The van der Waals surface area contributed by atoms with Crippen LogP contribution >= 0.6 is 11.3 Å². The van der Waals surface area contributed by atoms with E-state index in [2.05, 4.69) is 20.2 Å². The van der Waals surface area contributed by atoms with E-state index in [0.717, 1.165) is 0 Å². The van der Waals surface area contributed by atoms with Gasteiger partial charge in [-0.2, -0.15) is 15.0 Å². The fourth-order valence-corrected chi connectivity index (χ4v) is 3.49. The minimum Gasteiger partial charge on any atom is -0.482 e. The van der Waals surface area contributed by atoms with Crippen molar-refractivity contribution >= 4 is 17.2 Å². The minimum atomic E-state index is -0.561. The smallest absolute Gasteiger partial charge is 0.166 e. The van der Waals surface area contributed by atoms with Crippen LogP contribution in [0.25, 0.3) is 16.9 Å². The summed E-state index contributed by atoms with van der Waals surface area (Å²) in [5, 5.41) is 19.9. The Morgan fingerprint density at radius 2 is 2.07 bits per heavy atom. The van der Waals surface area contributed by atoms with Crippen molar-refractivity contribution in [3.63, 3.8) is 0 Å². The third-order valence-corrected chi connectivity index (χ3v) is 5.06. The van der Waals surface area contributed by atoms with Crippen molar-refractivity contribution in [1.82, 2.24) is 25.0 Å². The van der Waals surface area contributed by atoms with Crippen LogP contribution in [0.15, 0.2) is 48.2 Å². The van der Waals surface area contributed by atoms with Gasteiger partial charge < -0.3 is 15.6 Å². The topological polar surface area (TPSA) is 112 Å². The summed E-state index contributed by atoms with van der Waals surface area (Å²) >= 11 is 1.35. The van der Waals surface area contributed by atoms with Crippen molar-refractivity contribution in [2.24, 2.45) is 0 Å². The Bertz CT molecular complexity index is 1130. The molecule has 1 aromatic carbocycles. The number of benzene rings is 1. The molecule has 3 aromatic heterocycles. The molecule has 29 heavy (non-hydrogen) atoms. The highest BCUT2D eigenvalue weighted by molar-refractivity contribution is 7.09. The Hall–Kier alpha value is -3.37. The molecule has 0 saturated heterocycles. The van der Waals surface area contributed by atoms with E-state index in [1.807, 2.05) is 5.38 Å². The van der Waals surface area contributed by atoms with Gasteiger partial charge in [-0.05, 0) is 31.2 Å². The van der Waals surface area contributed by atoms with Crippen molar-refractivity contribution in [1.29, 1.82) is 0 Å². The Morgan fingerprint density at radius 3 is 2.79 bits per heavy atom. The Morgan fingerprint density at radius 1 is 1.28 bits per heavy atom. The molecule has 0 aliphatic rings. The lowest BCUT2D eigenvalue weighted by atomic mass is 10.1. The highest BCUT2D eigenvalue weighted by Gasteiger charge is 2.18. The number of anilines is 1. The molecule has 3 N–H and O–H groups in total. The summed E-state index contributed by atoms with van der Waals surface area (Å²) < 4.78 is 19.9. The van der Waals surface area contributed by atoms with E-state index in [0.29, 0.717) is 33.3 Å². The number of rotatable bonds is 6. The number of pyridine rings is 1. The van der Waals surface area contributed by atoms with Crippen molar-refractivity contribution in [2.75, 3.05) is 5.73 Å². The molecule has 0 unspecified atom stereocenters. The molecule has 3 heterocycles. The van der Waals surface area contributed by atoms with Crippen molar-refractivity contribution in [3.8, 4) is 22.7 Å². The Balaban J connectivity index is 1.66. The van der Waals surface area contributed by atoms with E-state index < -0.39 is 11.9 Å². The largest absolute Gasteiger partial charge is 0.482 e. The minimum absolute atomic E-state index is 0.128. The fraction of sp³-hybridized carbons (Fsp3) is 0.158. The molecule has 0 bridgehead atoms. The van der Waals surface area contributed by atoms with E-state index in [-0.39, 0.29) is 12.4 Å². The van der Waals surface area contributed by atoms with Gasteiger partial charge in [0.05, 0.1) is 30.4 Å². The van der Waals surface area contributed by atoms with E-state index >= 15 is 0 Å². The number of aromatic nitrogens is 5. The number of nitrogens with two attached hydrogens (primary N) is 1. The van der Waals surface area contributed by atoms with Crippen LogP contribution in [0.4, 0.5) is 10.2 Å². The summed E-state index contributed by atoms with van der Waals surface area (Å²) in [7, 11) is 0. The van der Waals surface area contributed by atoms with Crippen LogP contribution in [0.1, 0.15) is 23.6 Å². The van der Waals surface area contributed by atoms with E-state index in [4.69, 9.17) is 10.5 Å². The first kappa shape index (κ1) is 19.0. The van der Waals surface area contributed by atoms with Gasteiger partial charge >= 0.3 is 0 Å². The van der Waals surface area contributed by atoms with Gasteiger partial charge in [0.25, 0.3) is 0 Å². The maximum atomic E-state index is 13.9. The van der Waals surface area contributed by atoms with Gasteiger partial charge in [0, 0.05) is 22.7 Å². The average Bonchev–Trinajstić information content (AvgIpc) is 3.41. The Labute approximate surface area is 169 Å². The van der Waals surface area contributed by atoms with Crippen molar-refractivity contribution < 1.29 is 14.2 Å². The van der Waals surface area contributed by atoms with Gasteiger partial charge in [0.15, 0.2) is 11.6 Å². The first-order valence-corrected chi connectivity index (χ1v) is 9.57. The van der Waals surface area contributed by atoms with Gasteiger partial charge in [0.1, 0.15) is 16.9 Å². The van der Waals surface area contributed by atoms with Crippen LogP contribution < -0.4 is 10.5 Å². The molecule has 8 nitrogen and oxygen atoms in total. The molecule has 0 radical (unpaired) electrons. The highest BCUT2D eigenvalue weighted by atomic mass is 32.1. The fourth-order valence-electron chi connectivity index (χ4n) is 2.83. The molecule has 0 aliphatic carbocycles. The SMILES string of the molecule is C[C@@H](Oc1cc(-c2csc(CO)n2)cnc1N)c1cc(F)ccc1-n1nccn1. The second-order valence-electron chi connectivity index (χ2n) is 6.17. The van der Waals surface area contributed by atoms with Crippen LogP contribution in [-0.4, -0.2) is 30.1 Å². The zero-order chi connectivity index (χ0) is 20.4. The lowest BCUT2D eigenvalue weighted by Gasteiger charge is -2.19. The van der Waals surface area contributed by atoms with Gasteiger partial charge in [0.2, 0.25) is 0 Å². The molecule has 10 heteroatoms. The number of halogens is 1. The standard InChI is InChI=1S/C19H17FN6O2S/c1-11(14-7-13(20)2-3-16(14)26-23-4-5-24-26)28-17-6-12(8-22-19(17)21)15-10-29-18(9-27)25-15/h2-8,10-11,27H,9H2,1H3,(H2,21,22)/t11-/m1/s1. The van der Waals surface area contributed by atoms with Crippen LogP contribution in [0.5, 0.6) is 5.75 Å². The molecule has 0 aliphatic heterocycles. The second kappa shape index (κ2) is 7.94. The number of aliphatic hydroxyl groups excluding tert-OH is 1. The first-order valence-electron chi connectivity index (χ1n) is 8.69. The third kappa shape index (κ3) is 3.93. The number of nitrogen functional groups attached to an aromatic ring is 1. The number of nitrogens with zero attached hydrogens (tertiary/aromatic N) is 5. The number of hydrogen-bond donors (Lipinski definition) is 2. The molecule has 0 fully saturated rings. The quantitative estimate of drug-likeness (QED) is 0.500. The molecule has 0 spiro atoms. The molecular formula is C19H17FN6O2S. The van der Waals surface area contributed by atoms with E-state index in [1.54, 1.807) is 37.6 Å². The molecular weight excluding hydrogens is 395 g/mol. The third-order valence-electron chi connectivity index (χ3n) is 4.23. The summed E-state index contributed by atoms with van der Waals surface area (Å²) in [6.45, 7) is 1.65. The first-order chi connectivity index (χ1) is 14.0. The van der Waals surface area contributed by atoms with E-state index in [1.165, 1.54) is 28.3 Å². The maximum Gasteiger partial charge on any atom is 0.166 e. The lowest BCUT2D eigenvalue weighted by molar-refractivity contribution is 0.226. The van der Waals surface area contributed by atoms with Crippen molar-refractivity contribution in [3.05, 3.63) is 64.6 Å². The predicted molar refractivity (Wildman–Crippen MR) is 106 cm³/mol. The monoisotopic (exact) mass is 412 g/mol. The summed E-state index contributed by atoms with van der Waals surface area (Å²) in [4.78, 5) is 9.91. The normalized spacial score (nSPS) is 12.1. The molecule has 0 saturated carbocycles. The van der Waals surface area contributed by atoms with Crippen LogP contribution in [0, 0.1) is 5.82 Å². The Kier molecular flexibility index (Phi) is 5.19. The lowest BCUT2D eigenvalue weighted by Crippen LogP contribution is -2.11. The summed E-state index contributed by atoms with van der Waals surface area (Å²) in [6.07, 6.45) is 4.11. The van der Waals surface area contributed by atoms with Gasteiger partial charge in [-0.25, -0.2) is 14.4 Å². The van der Waals surface area contributed by atoms with Crippen LogP contribution in [0.3, 0.4) is 0 Å². The molecule has 4 aromatic rings. The number of aliphatic hydroxyl groups is 1. The van der Waals surface area contributed by atoms with E-state index in [9.17, 15) is 9.50 Å². The zero-order valence-electron chi connectivity index (χ0n) is 15.4. The number of thiazole rings is 1. The van der Waals surface area contributed by atoms with Crippen LogP contribution in [-0.2, 0) is 6.61 Å².